The molecule has 1 heterocycles. The number of halogens is 1. The van der Waals surface area contributed by atoms with Gasteiger partial charge in [0.05, 0.1) is 22.4 Å². The van der Waals surface area contributed by atoms with E-state index in [-0.39, 0.29) is 0 Å². The van der Waals surface area contributed by atoms with Gasteiger partial charge in [-0.3, -0.25) is 0 Å². The third-order valence-corrected chi connectivity index (χ3v) is 9.53. The molecular formula is C42H25BrN2. The second-order valence-corrected chi connectivity index (χ2v) is 12.4. The lowest BCUT2D eigenvalue weighted by atomic mass is 9.92. The highest BCUT2D eigenvalue weighted by molar-refractivity contribution is 9.10. The Morgan fingerprint density at radius 2 is 0.889 bits per heavy atom. The smallest absolute Gasteiger partial charge is 0.0973 e. The highest BCUT2D eigenvalue weighted by atomic mass is 79.9. The molecule has 8 aromatic carbocycles. The van der Waals surface area contributed by atoms with E-state index < -0.39 is 0 Å². The van der Waals surface area contributed by atoms with Crippen molar-refractivity contribution < 1.29 is 0 Å². The molecule has 0 bridgehead atoms. The first-order chi connectivity index (χ1) is 22.2. The standard InChI is InChI=1S/C42H25BrN2/c43-38-24-30(22-28-12-4-5-13-31(28)38)42-41(45-40-25-27(19-21-39(40)44-42)26-10-2-1-3-11-26)29-18-20-36-34-16-7-6-14-32(34)33-15-8-9-17-35(33)37(36)23-29/h1-25H. The molecule has 0 aliphatic carbocycles. The summed E-state index contributed by atoms with van der Waals surface area (Å²) in [6.45, 7) is 0. The Morgan fingerprint density at radius 1 is 0.333 bits per heavy atom. The molecule has 3 heteroatoms. The van der Waals surface area contributed by atoms with Crippen molar-refractivity contribution in [1.29, 1.82) is 0 Å². The summed E-state index contributed by atoms with van der Waals surface area (Å²) in [6.07, 6.45) is 0. The summed E-state index contributed by atoms with van der Waals surface area (Å²) in [4.78, 5) is 10.7. The van der Waals surface area contributed by atoms with E-state index in [1.807, 2.05) is 6.07 Å². The zero-order valence-electron chi connectivity index (χ0n) is 24.2. The highest BCUT2D eigenvalue weighted by Gasteiger charge is 2.17. The minimum absolute atomic E-state index is 0.867. The SMILES string of the molecule is Brc1cc(-c2nc3ccc(-c4ccccc4)cc3nc2-c2ccc3c4ccccc4c4ccccc4c3c2)cc2ccccc12. The number of rotatable bonds is 3. The van der Waals surface area contributed by atoms with Gasteiger partial charge in [0.2, 0.25) is 0 Å². The first-order valence-electron chi connectivity index (χ1n) is 15.1. The van der Waals surface area contributed by atoms with Gasteiger partial charge in [0.15, 0.2) is 0 Å². The van der Waals surface area contributed by atoms with Gasteiger partial charge in [0.1, 0.15) is 0 Å². The molecule has 2 nitrogen and oxygen atoms in total. The van der Waals surface area contributed by atoms with Crippen molar-refractivity contribution in [2.24, 2.45) is 0 Å². The third-order valence-electron chi connectivity index (χ3n) is 8.87. The molecule has 9 aromatic rings. The zero-order chi connectivity index (χ0) is 29.9. The Morgan fingerprint density at radius 3 is 1.62 bits per heavy atom. The average molecular weight is 638 g/mol. The summed E-state index contributed by atoms with van der Waals surface area (Å²) in [5, 5.41) is 9.81. The predicted octanol–water partition coefficient (Wildman–Crippen LogP) is 12.0. The number of benzene rings is 8. The number of hydrogen-bond acceptors (Lipinski definition) is 2. The second kappa shape index (κ2) is 10.4. The molecule has 0 N–H and O–H groups in total. The van der Waals surface area contributed by atoms with E-state index in [9.17, 15) is 0 Å². The van der Waals surface area contributed by atoms with E-state index in [4.69, 9.17) is 9.97 Å². The monoisotopic (exact) mass is 636 g/mol. The van der Waals surface area contributed by atoms with Crippen molar-refractivity contribution in [3.63, 3.8) is 0 Å². The number of nitrogens with zero attached hydrogens (tertiary/aromatic N) is 2. The van der Waals surface area contributed by atoms with Crippen LogP contribution in [0.5, 0.6) is 0 Å². The van der Waals surface area contributed by atoms with Crippen LogP contribution in [0.15, 0.2) is 156 Å². The van der Waals surface area contributed by atoms with E-state index in [1.54, 1.807) is 0 Å². The van der Waals surface area contributed by atoms with Crippen molar-refractivity contribution in [3.05, 3.63) is 156 Å². The number of fused-ring (bicyclic) bond motifs is 8. The van der Waals surface area contributed by atoms with Gasteiger partial charge >= 0.3 is 0 Å². The lowest BCUT2D eigenvalue weighted by molar-refractivity contribution is 1.29. The summed E-state index contributed by atoms with van der Waals surface area (Å²) < 4.78 is 1.04. The second-order valence-electron chi connectivity index (χ2n) is 11.5. The van der Waals surface area contributed by atoms with Crippen LogP contribution in [-0.4, -0.2) is 9.97 Å². The van der Waals surface area contributed by atoms with E-state index in [2.05, 4.69) is 162 Å². The van der Waals surface area contributed by atoms with Gasteiger partial charge < -0.3 is 0 Å². The maximum absolute atomic E-state index is 5.39. The zero-order valence-corrected chi connectivity index (χ0v) is 25.8. The molecular weight excluding hydrogens is 612 g/mol. The van der Waals surface area contributed by atoms with Crippen LogP contribution < -0.4 is 0 Å². The van der Waals surface area contributed by atoms with Crippen LogP contribution in [-0.2, 0) is 0 Å². The molecule has 1 aromatic heterocycles. The third kappa shape index (κ3) is 4.31. The molecule has 0 radical (unpaired) electrons. The fourth-order valence-electron chi connectivity index (χ4n) is 6.72. The lowest BCUT2D eigenvalue weighted by Crippen LogP contribution is -1.97. The Labute approximate surface area is 268 Å². The number of aromatic nitrogens is 2. The van der Waals surface area contributed by atoms with E-state index in [1.165, 1.54) is 37.7 Å². The molecule has 0 atom stereocenters. The van der Waals surface area contributed by atoms with Crippen LogP contribution in [0.3, 0.4) is 0 Å². The molecule has 0 amide bonds. The first-order valence-corrected chi connectivity index (χ1v) is 15.9. The minimum Gasteiger partial charge on any atom is -0.244 e. The van der Waals surface area contributed by atoms with Crippen molar-refractivity contribution in [3.8, 4) is 33.6 Å². The topological polar surface area (TPSA) is 25.8 Å². The van der Waals surface area contributed by atoms with Crippen molar-refractivity contribution in [1.82, 2.24) is 9.97 Å². The first kappa shape index (κ1) is 26.1. The highest BCUT2D eigenvalue weighted by Crippen LogP contribution is 2.40. The molecule has 0 aliphatic heterocycles. The Hall–Kier alpha value is -5.38. The molecule has 0 aliphatic rings. The fourth-order valence-corrected chi connectivity index (χ4v) is 7.33. The van der Waals surface area contributed by atoms with Crippen molar-refractivity contribution in [2.45, 2.75) is 0 Å². The van der Waals surface area contributed by atoms with Gasteiger partial charge in [0.25, 0.3) is 0 Å². The number of hydrogen-bond donors (Lipinski definition) is 0. The lowest BCUT2D eigenvalue weighted by Gasteiger charge is -2.15. The minimum atomic E-state index is 0.867. The molecule has 0 unspecified atom stereocenters. The van der Waals surface area contributed by atoms with Crippen molar-refractivity contribution in [2.75, 3.05) is 0 Å². The molecule has 0 saturated carbocycles. The predicted molar refractivity (Wildman–Crippen MR) is 194 cm³/mol. The van der Waals surface area contributed by atoms with Gasteiger partial charge in [-0.15, -0.1) is 0 Å². The quantitative estimate of drug-likeness (QED) is 0.180. The van der Waals surface area contributed by atoms with Gasteiger partial charge in [0, 0.05) is 15.6 Å². The normalized spacial score (nSPS) is 11.7. The summed E-state index contributed by atoms with van der Waals surface area (Å²) in [5.41, 5.74) is 7.84. The molecule has 45 heavy (non-hydrogen) atoms. The summed E-state index contributed by atoms with van der Waals surface area (Å²) in [5.74, 6) is 0. The largest absolute Gasteiger partial charge is 0.244 e. The van der Waals surface area contributed by atoms with Gasteiger partial charge in [-0.1, -0.05) is 137 Å². The molecule has 0 saturated heterocycles. The van der Waals surface area contributed by atoms with Crippen LogP contribution in [0.2, 0.25) is 0 Å². The summed E-state index contributed by atoms with van der Waals surface area (Å²) in [6, 6.07) is 53.8. The van der Waals surface area contributed by atoms with Gasteiger partial charge in [-0.2, -0.15) is 0 Å². The van der Waals surface area contributed by atoms with Crippen LogP contribution in [0.25, 0.3) is 87.8 Å². The summed E-state index contributed by atoms with van der Waals surface area (Å²) in [7, 11) is 0. The molecule has 9 rings (SSSR count). The van der Waals surface area contributed by atoms with Crippen LogP contribution in [0.1, 0.15) is 0 Å². The Bertz CT molecular complexity index is 2570. The average Bonchev–Trinajstić information content (AvgIpc) is 3.11. The summed E-state index contributed by atoms with van der Waals surface area (Å²) >= 11 is 3.85. The van der Waals surface area contributed by atoms with Crippen LogP contribution >= 0.6 is 15.9 Å². The maximum atomic E-state index is 5.39. The Balaban J connectivity index is 1.35. The van der Waals surface area contributed by atoms with E-state index in [0.717, 1.165) is 54.5 Å². The Kier molecular flexibility index (Phi) is 6.00. The van der Waals surface area contributed by atoms with E-state index >= 15 is 0 Å². The molecule has 210 valence electrons. The van der Waals surface area contributed by atoms with Crippen LogP contribution in [0.4, 0.5) is 0 Å². The maximum Gasteiger partial charge on any atom is 0.0973 e. The molecule has 0 fully saturated rings. The van der Waals surface area contributed by atoms with Gasteiger partial charge in [-0.25, -0.2) is 9.97 Å². The fraction of sp³-hybridized carbons (Fsp3) is 0. The molecule has 0 spiro atoms. The van der Waals surface area contributed by atoms with Crippen molar-refractivity contribution >= 4 is 70.1 Å². The van der Waals surface area contributed by atoms with Gasteiger partial charge in [-0.05, 0) is 84.5 Å². The van der Waals surface area contributed by atoms with E-state index in [0.29, 0.717) is 0 Å². The van der Waals surface area contributed by atoms with Crippen LogP contribution in [0, 0.1) is 0 Å².